The number of hydrogen-bond acceptors (Lipinski definition) is 2. The van der Waals surface area contributed by atoms with E-state index in [2.05, 4.69) is 10.3 Å². The maximum Gasteiger partial charge on any atom is 0.207 e. The van der Waals surface area contributed by atoms with E-state index in [0.29, 0.717) is 12.0 Å². The third kappa shape index (κ3) is 2.08. The second-order valence-electron chi connectivity index (χ2n) is 4.59. The molecule has 0 atom stereocenters. The number of halogens is 2. The normalized spacial score (nSPS) is 14.8. The Kier molecular flexibility index (Phi) is 2.54. The number of imidazole rings is 1. The zero-order chi connectivity index (χ0) is 12.7. The summed E-state index contributed by atoms with van der Waals surface area (Å²) in [7, 11) is 0. The van der Waals surface area contributed by atoms with E-state index in [9.17, 15) is 8.78 Å². The molecule has 5 heteroatoms. The molecule has 1 aliphatic rings. The zero-order valence-corrected chi connectivity index (χ0v) is 9.95. The predicted molar refractivity (Wildman–Crippen MR) is 64.9 cm³/mol. The summed E-state index contributed by atoms with van der Waals surface area (Å²) in [5.74, 6) is -0.585. The van der Waals surface area contributed by atoms with Crippen LogP contribution in [0.15, 0.2) is 24.4 Å². The van der Waals surface area contributed by atoms with E-state index in [1.807, 2.05) is 17.7 Å². The van der Waals surface area contributed by atoms with Gasteiger partial charge in [0.05, 0.1) is 11.4 Å². The number of aromatic nitrogens is 2. The van der Waals surface area contributed by atoms with Crippen LogP contribution < -0.4 is 5.32 Å². The Hall–Kier alpha value is -1.91. The van der Waals surface area contributed by atoms with E-state index >= 15 is 0 Å². The van der Waals surface area contributed by atoms with E-state index in [1.54, 1.807) is 0 Å². The van der Waals surface area contributed by atoms with Gasteiger partial charge in [0.1, 0.15) is 11.6 Å². The van der Waals surface area contributed by atoms with E-state index in [1.165, 1.54) is 12.1 Å². The van der Waals surface area contributed by atoms with Gasteiger partial charge in [0.2, 0.25) is 5.95 Å². The molecule has 1 aliphatic carbocycles. The van der Waals surface area contributed by atoms with Crippen molar-refractivity contribution in [2.75, 3.05) is 5.32 Å². The minimum Gasteiger partial charge on any atom is -0.323 e. The van der Waals surface area contributed by atoms with Crippen LogP contribution in [0.25, 0.3) is 0 Å². The average molecular weight is 249 g/mol. The first-order valence-electron chi connectivity index (χ1n) is 5.91. The topological polar surface area (TPSA) is 29.9 Å². The maximum atomic E-state index is 13.6. The van der Waals surface area contributed by atoms with Crippen LogP contribution in [-0.4, -0.2) is 9.55 Å². The summed E-state index contributed by atoms with van der Waals surface area (Å²) in [6.45, 7) is 1.89. The molecule has 1 aromatic heterocycles. The lowest BCUT2D eigenvalue weighted by atomic mass is 10.3. The van der Waals surface area contributed by atoms with Crippen molar-refractivity contribution in [1.29, 1.82) is 0 Å². The van der Waals surface area contributed by atoms with Crippen molar-refractivity contribution in [3.63, 3.8) is 0 Å². The SMILES string of the molecule is Cc1cn(C2CC2)c(Nc2ccc(F)cc2F)n1. The van der Waals surface area contributed by atoms with E-state index in [-0.39, 0.29) is 5.69 Å². The Morgan fingerprint density at radius 1 is 1.33 bits per heavy atom. The van der Waals surface area contributed by atoms with E-state index < -0.39 is 11.6 Å². The minimum absolute atomic E-state index is 0.240. The van der Waals surface area contributed by atoms with Gasteiger partial charge in [0, 0.05) is 18.3 Å². The predicted octanol–water partition coefficient (Wildman–Crippen LogP) is 3.55. The third-order valence-electron chi connectivity index (χ3n) is 2.97. The monoisotopic (exact) mass is 249 g/mol. The van der Waals surface area contributed by atoms with Gasteiger partial charge in [-0.05, 0) is 31.9 Å². The molecule has 0 amide bonds. The van der Waals surface area contributed by atoms with E-state index in [0.717, 1.165) is 24.6 Å². The van der Waals surface area contributed by atoms with Gasteiger partial charge in [0.25, 0.3) is 0 Å². The Morgan fingerprint density at radius 3 is 2.78 bits per heavy atom. The highest BCUT2D eigenvalue weighted by Crippen LogP contribution is 2.38. The lowest BCUT2D eigenvalue weighted by Crippen LogP contribution is -2.02. The fourth-order valence-corrected chi connectivity index (χ4v) is 1.95. The molecule has 0 spiro atoms. The van der Waals surface area contributed by atoms with E-state index in [4.69, 9.17) is 0 Å². The largest absolute Gasteiger partial charge is 0.323 e. The molecule has 3 nitrogen and oxygen atoms in total. The molecular formula is C13H13F2N3. The number of anilines is 2. The Morgan fingerprint density at radius 2 is 2.11 bits per heavy atom. The molecular weight excluding hydrogens is 236 g/mol. The van der Waals surface area contributed by atoms with Gasteiger partial charge in [-0.2, -0.15) is 0 Å². The molecule has 1 aromatic carbocycles. The summed E-state index contributed by atoms with van der Waals surface area (Å²) in [5.41, 5.74) is 1.12. The van der Waals surface area contributed by atoms with Crippen LogP contribution in [0.4, 0.5) is 20.4 Å². The van der Waals surface area contributed by atoms with Crippen LogP contribution in [-0.2, 0) is 0 Å². The fraction of sp³-hybridized carbons (Fsp3) is 0.308. The molecule has 1 fully saturated rings. The number of nitrogens with zero attached hydrogens (tertiary/aromatic N) is 2. The van der Waals surface area contributed by atoms with Gasteiger partial charge >= 0.3 is 0 Å². The number of aryl methyl sites for hydroxylation is 1. The lowest BCUT2D eigenvalue weighted by molar-refractivity contribution is 0.585. The van der Waals surface area contributed by atoms with Gasteiger partial charge < -0.3 is 9.88 Å². The van der Waals surface area contributed by atoms with Gasteiger partial charge in [-0.15, -0.1) is 0 Å². The quantitative estimate of drug-likeness (QED) is 0.901. The maximum absolute atomic E-state index is 13.6. The summed E-state index contributed by atoms with van der Waals surface area (Å²) < 4.78 is 28.4. The summed E-state index contributed by atoms with van der Waals surface area (Å²) in [4.78, 5) is 4.32. The molecule has 1 heterocycles. The van der Waals surface area contributed by atoms with Crippen molar-refractivity contribution < 1.29 is 8.78 Å². The Balaban J connectivity index is 1.91. The van der Waals surface area contributed by atoms with Gasteiger partial charge in [-0.25, -0.2) is 13.8 Å². The summed E-state index contributed by atoms with van der Waals surface area (Å²) in [6, 6.07) is 3.92. The van der Waals surface area contributed by atoms with Gasteiger partial charge in [-0.1, -0.05) is 0 Å². The number of benzene rings is 1. The number of hydrogen-bond donors (Lipinski definition) is 1. The Bertz CT molecular complexity index is 588. The number of nitrogens with one attached hydrogen (secondary N) is 1. The van der Waals surface area contributed by atoms with Crippen LogP contribution in [0.5, 0.6) is 0 Å². The first-order chi connectivity index (χ1) is 8.63. The molecule has 18 heavy (non-hydrogen) atoms. The van der Waals surface area contributed by atoms with Crippen LogP contribution in [0, 0.1) is 18.6 Å². The third-order valence-corrected chi connectivity index (χ3v) is 2.97. The summed E-state index contributed by atoms with van der Waals surface area (Å²) in [6.07, 6.45) is 4.19. The van der Waals surface area contributed by atoms with Crippen molar-refractivity contribution in [2.24, 2.45) is 0 Å². The van der Waals surface area contributed by atoms with Crippen molar-refractivity contribution in [2.45, 2.75) is 25.8 Å². The molecule has 94 valence electrons. The highest BCUT2D eigenvalue weighted by molar-refractivity contribution is 5.55. The number of rotatable bonds is 3. The van der Waals surface area contributed by atoms with Crippen LogP contribution in [0.1, 0.15) is 24.6 Å². The van der Waals surface area contributed by atoms with Crippen LogP contribution in [0.3, 0.4) is 0 Å². The molecule has 0 bridgehead atoms. The Labute approximate surface area is 103 Å². The van der Waals surface area contributed by atoms with Gasteiger partial charge in [-0.3, -0.25) is 0 Å². The zero-order valence-electron chi connectivity index (χ0n) is 9.95. The molecule has 1 N–H and O–H groups in total. The van der Waals surface area contributed by atoms with Crippen molar-refractivity contribution in [1.82, 2.24) is 9.55 Å². The van der Waals surface area contributed by atoms with Crippen LogP contribution >= 0.6 is 0 Å². The molecule has 1 saturated carbocycles. The molecule has 0 unspecified atom stereocenters. The lowest BCUT2D eigenvalue weighted by Gasteiger charge is -2.09. The standard InChI is InChI=1S/C13H13F2N3/c1-8-7-18(10-3-4-10)13(16-8)17-12-5-2-9(14)6-11(12)15/h2,5-7,10H,3-4H2,1H3,(H,16,17). The van der Waals surface area contributed by atoms with Crippen molar-refractivity contribution in [3.05, 3.63) is 41.7 Å². The fourth-order valence-electron chi connectivity index (χ4n) is 1.95. The molecule has 3 rings (SSSR count). The second kappa shape index (κ2) is 4.08. The van der Waals surface area contributed by atoms with Crippen LogP contribution in [0.2, 0.25) is 0 Å². The van der Waals surface area contributed by atoms with Crippen molar-refractivity contribution >= 4 is 11.6 Å². The molecule has 0 radical (unpaired) electrons. The average Bonchev–Trinajstić information content (AvgIpc) is 3.08. The van der Waals surface area contributed by atoms with Gasteiger partial charge in [0.15, 0.2) is 0 Å². The molecule has 0 aliphatic heterocycles. The minimum atomic E-state index is -0.613. The summed E-state index contributed by atoms with van der Waals surface area (Å²) in [5, 5.41) is 2.92. The smallest absolute Gasteiger partial charge is 0.207 e. The molecule has 0 saturated heterocycles. The first-order valence-corrected chi connectivity index (χ1v) is 5.91. The first kappa shape index (κ1) is 11.2. The van der Waals surface area contributed by atoms with Crippen molar-refractivity contribution in [3.8, 4) is 0 Å². The highest BCUT2D eigenvalue weighted by Gasteiger charge is 2.26. The second-order valence-corrected chi connectivity index (χ2v) is 4.59. The highest BCUT2D eigenvalue weighted by atomic mass is 19.1. The summed E-state index contributed by atoms with van der Waals surface area (Å²) >= 11 is 0. The molecule has 2 aromatic rings.